The fourth-order valence-corrected chi connectivity index (χ4v) is 3.42. The van der Waals surface area contributed by atoms with Gasteiger partial charge in [0.1, 0.15) is 0 Å². The second-order valence-electron chi connectivity index (χ2n) is 6.93. The van der Waals surface area contributed by atoms with Gasteiger partial charge in [-0.05, 0) is 43.9 Å². The van der Waals surface area contributed by atoms with E-state index in [1.807, 2.05) is 0 Å². The minimum atomic E-state index is -0.817. The van der Waals surface area contributed by atoms with Crippen molar-refractivity contribution in [2.24, 2.45) is 17.3 Å². The summed E-state index contributed by atoms with van der Waals surface area (Å²) in [6.45, 7) is 4.53. The molecule has 0 aromatic carbocycles. The van der Waals surface area contributed by atoms with E-state index in [0.29, 0.717) is 11.8 Å². The zero-order valence-corrected chi connectivity index (χ0v) is 11.9. The molecule has 0 aliphatic heterocycles. The molecule has 2 aliphatic carbocycles. The van der Waals surface area contributed by atoms with Crippen LogP contribution in [0, 0.1) is 17.3 Å². The molecule has 2 atom stereocenters. The van der Waals surface area contributed by atoms with Crippen molar-refractivity contribution < 1.29 is 14.7 Å². The Kier molecular flexibility index (Phi) is 4.16. The highest BCUT2D eigenvalue weighted by Crippen LogP contribution is 2.36. The van der Waals surface area contributed by atoms with Crippen molar-refractivity contribution in [2.75, 3.05) is 0 Å². The highest BCUT2D eigenvalue weighted by atomic mass is 16.4. The van der Waals surface area contributed by atoms with Gasteiger partial charge in [0.2, 0.25) is 5.91 Å². The summed E-state index contributed by atoms with van der Waals surface area (Å²) in [5, 5.41) is 12.2. The first-order chi connectivity index (χ1) is 8.89. The Morgan fingerprint density at radius 3 is 2.21 bits per heavy atom. The van der Waals surface area contributed by atoms with Gasteiger partial charge in [-0.3, -0.25) is 9.59 Å². The summed E-state index contributed by atoms with van der Waals surface area (Å²) in [4.78, 5) is 23.3. The van der Waals surface area contributed by atoms with E-state index < -0.39 is 11.9 Å². The minimum absolute atomic E-state index is 0.0328. The number of carboxylic acids is 1. The maximum absolute atomic E-state index is 12.2. The first-order valence-corrected chi connectivity index (χ1v) is 7.42. The summed E-state index contributed by atoms with van der Waals surface area (Å²) < 4.78 is 0. The zero-order chi connectivity index (χ0) is 14.0. The number of nitrogens with one attached hydrogen (secondary N) is 1. The van der Waals surface area contributed by atoms with Crippen LogP contribution in [0.4, 0.5) is 0 Å². The Morgan fingerprint density at radius 1 is 1.05 bits per heavy atom. The van der Waals surface area contributed by atoms with Crippen LogP contribution in [0.2, 0.25) is 0 Å². The molecule has 0 bridgehead atoms. The van der Waals surface area contributed by atoms with Crippen LogP contribution in [0.5, 0.6) is 0 Å². The van der Waals surface area contributed by atoms with Crippen LogP contribution >= 0.6 is 0 Å². The summed E-state index contributed by atoms with van der Waals surface area (Å²) in [6.07, 6.45) is 6.52. The SMILES string of the molecule is CC1(C)CCC(NC(=O)C2CCCC2C(=O)O)CC1. The highest BCUT2D eigenvalue weighted by Gasteiger charge is 2.38. The number of carbonyl (C=O) groups excluding carboxylic acids is 1. The average molecular weight is 267 g/mol. The molecule has 0 heterocycles. The second kappa shape index (κ2) is 5.51. The van der Waals surface area contributed by atoms with Gasteiger partial charge in [0.25, 0.3) is 0 Å². The van der Waals surface area contributed by atoms with Gasteiger partial charge in [0.15, 0.2) is 0 Å². The molecule has 19 heavy (non-hydrogen) atoms. The van der Waals surface area contributed by atoms with E-state index in [1.165, 1.54) is 0 Å². The van der Waals surface area contributed by atoms with E-state index in [9.17, 15) is 9.59 Å². The first kappa shape index (κ1) is 14.4. The van der Waals surface area contributed by atoms with Gasteiger partial charge in [0.05, 0.1) is 11.8 Å². The van der Waals surface area contributed by atoms with Crippen LogP contribution < -0.4 is 5.32 Å². The predicted molar refractivity (Wildman–Crippen MR) is 72.6 cm³/mol. The molecular weight excluding hydrogens is 242 g/mol. The van der Waals surface area contributed by atoms with Gasteiger partial charge >= 0.3 is 5.97 Å². The van der Waals surface area contributed by atoms with Crippen molar-refractivity contribution >= 4 is 11.9 Å². The van der Waals surface area contributed by atoms with Crippen LogP contribution in [0.25, 0.3) is 0 Å². The summed E-state index contributed by atoms with van der Waals surface area (Å²) >= 11 is 0. The minimum Gasteiger partial charge on any atom is -0.481 e. The molecule has 108 valence electrons. The smallest absolute Gasteiger partial charge is 0.307 e. The van der Waals surface area contributed by atoms with E-state index >= 15 is 0 Å². The lowest BCUT2D eigenvalue weighted by Gasteiger charge is -2.35. The summed E-state index contributed by atoms with van der Waals surface area (Å²) in [5.74, 6) is -1.63. The summed E-state index contributed by atoms with van der Waals surface area (Å²) in [7, 11) is 0. The van der Waals surface area contributed by atoms with Crippen molar-refractivity contribution in [2.45, 2.75) is 64.8 Å². The maximum Gasteiger partial charge on any atom is 0.307 e. The fourth-order valence-electron chi connectivity index (χ4n) is 3.42. The summed E-state index contributed by atoms with van der Waals surface area (Å²) in [5.41, 5.74) is 0.387. The molecule has 2 N–H and O–H groups in total. The molecule has 4 heteroatoms. The van der Waals surface area contributed by atoms with Crippen molar-refractivity contribution in [3.8, 4) is 0 Å². The second-order valence-corrected chi connectivity index (χ2v) is 6.93. The lowest BCUT2D eigenvalue weighted by atomic mass is 9.75. The van der Waals surface area contributed by atoms with Crippen LogP contribution in [0.15, 0.2) is 0 Å². The number of hydrogen-bond donors (Lipinski definition) is 2. The van der Waals surface area contributed by atoms with Crippen LogP contribution in [-0.4, -0.2) is 23.0 Å². The summed E-state index contributed by atoms with van der Waals surface area (Å²) in [6, 6.07) is 0.246. The van der Waals surface area contributed by atoms with Crippen molar-refractivity contribution in [1.29, 1.82) is 0 Å². The number of hydrogen-bond acceptors (Lipinski definition) is 2. The molecule has 1 amide bonds. The normalized spacial score (nSPS) is 31.1. The van der Waals surface area contributed by atoms with Crippen LogP contribution in [0.1, 0.15) is 58.8 Å². The van der Waals surface area contributed by atoms with E-state index in [-0.39, 0.29) is 17.9 Å². The van der Waals surface area contributed by atoms with Gasteiger partial charge in [-0.1, -0.05) is 20.3 Å². The number of rotatable bonds is 3. The Bertz CT molecular complexity index is 354. The molecule has 2 rings (SSSR count). The molecule has 0 saturated heterocycles. The molecule has 2 saturated carbocycles. The Hall–Kier alpha value is -1.06. The standard InChI is InChI=1S/C15H25NO3/c1-15(2)8-6-10(7-9-15)16-13(17)11-4-3-5-12(11)14(18)19/h10-12H,3-9H2,1-2H3,(H,16,17)(H,18,19). The zero-order valence-electron chi connectivity index (χ0n) is 11.9. The quantitative estimate of drug-likeness (QED) is 0.826. The van der Waals surface area contributed by atoms with Crippen LogP contribution in [-0.2, 0) is 9.59 Å². The monoisotopic (exact) mass is 267 g/mol. The van der Waals surface area contributed by atoms with Gasteiger partial charge in [-0.25, -0.2) is 0 Å². The van der Waals surface area contributed by atoms with Gasteiger partial charge in [-0.15, -0.1) is 0 Å². The van der Waals surface area contributed by atoms with Crippen molar-refractivity contribution in [3.05, 3.63) is 0 Å². The maximum atomic E-state index is 12.2. The number of aliphatic carboxylic acids is 1. The fraction of sp³-hybridized carbons (Fsp3) is 0.867. The van der Waals surface area contributed by atoms with E-state index in [0.717, 1.165) is 38.5 Å². The predicted octanol–water partition coefficient (Wildman–Crippen LogP) is 2.57. The van der Waals surface area contributed by atoms with Gasteiger partial charge in [0, 0.05) is 6.04 Å². The molecule has 0 radical (unpaired) electrons. The molecule has 2 unspecified atom stereocenters. The molecule has 0 aromatic heterocycles. The molecular formula is C15H25NO3. The van der Waals surface area contributed by atoms with E-state index in [2.05, 4.69) is 19.2 Å². The van der Waals surface area contributed by atoms with Crippen molar-refractivity contribution in [3.63, 3.8) is 0 Å². The van der Waals surface area contributed by atoms with Crippen LogP contribution in [0.3, 0.4) is 0 Å². The van der Waals surface area contributed by atoms with Crippen molar-refractivity contribution in [1.82, 2.24) is 5.32 Å². The topological polar surface area (TPSA) is 66.4 Å². The van der Waals surface area contributed by atoms with E-state index in [4.69, 9.17) is 5.11 Å². The Morgan fingerprint density at radius 2 is 1.63 bits per heavy atom. The van der Waals surface area contributed by atoms with Gasteiger partial charge in [-0.2, -0.15) is 0 Å². The number of carbonyl (C=O) groups is 2. The lowest BCUT2D eigenvalue weighted by molar-refractivity contribution is -0.146. The Labute approximate surface area is 115 Å². The average Bonchev–Trinajstić information content (AvgIpc) is 2.81. The molecule has 0 spiro atoms. The number of amides is 1. The first-order valence-electron chi connectivity index (χ1n) is 7.42. The largest absolute Gasteiger partial charge is 0.481 e. The molecule has 4 nitrogen and oxygen atoms in total. The number of carboxylic acid groups (broad SMARTS) is 1. The third-order valence-corrected chi connectivity index (χ3v) is 4.86. The third-order valence-electron chi connectivity index (χ3n) is 4.86. The highest BCUT2D eigenvalue weighted by molar-refractivity contribution is 5.85. The Balaban J connectivity index is 1.86. The van der Waals surface area contributed by atoms with Gasteiger partial charge < -0.3 is 10.4 Å². The molecule has 2 fully saturated rings. The lowest BCUT2D eigenvalue weighted by Crippen LogP contribution is -2.43. The molecule has 0 aromatic rings. The molecule has 2 aliphatic rings. The van der Waals surface area contributed by atoms with E-state index in [1.54, 1.807) is 0 Å². The third kappa shape index (κ3) is 3.48.